The van der Waals surface area contributed by atoms with E-state index in [-0.39, 0.29) is 5.91 Å². The third-order valence-electron chi connectivity index (χ3n) is 5.13. The van der Waals surface area contributed by atoms with Crippen molar-refractivity contribution < 1.29 is 9.53 Å². The molecule has 0 saturated heterocycles. The first-order valence-corrected chi connectivity index (χ1v) is 10.7. The minimum atomic E-state index is -0.320. The summed E-state index contributed by atoms with van der Waals surface area (Å²) in [7, 11) is 7.54. The van der Waals surface area contributed by atoms with Gasteiger partial charge in [-0.3, -0.25) is 4.79 Å². The molecule has 0 bridgehead atoms. The van der Waals surface area contributed by atoms with Crippen LogP contribution in [-0.4, -0.2) is 68.2 Å². The molecule has 1 aliphatic rings. The Morgan fingerprint density at radius 1 is 1.30 bits per heavy atom. The molecule has 1 saturated carbocycles. The van der Waals surface area contributed by atoms with Crippen molar-refractivity contribution in [3.63, 3.8) is 0 Å². The highest BCUT2D eigenvalue weighted by atomic mass is 16.5. The lowest BCUT2D eigenvalue weighted by molar-refractivity contribution is -0.111. The molecular weight excluding hydrogens is 420 g/mol. The zero-order chi connectivity index (χ0) is 24.0. The molecule has 174 valence electrons. The van der Waals surface area contributed by atoms with Gasteiger partial charge in [0.25, 0.3) is 0 Å². The van der Waals surface area contributed by atoms with Gasteiger partial charge in [0.1, 0.15) is 23.2 Å². The van der Waals surface area contributed by atoms with Crippen molar-refractivity contribution in [3.05, 3.63) is 36.5 Å². The van der Waals surface area contributed by atoms with Crippen LogP contribution in [0.3, 0.4) is 0 Å². The van der Waals surface area contributed by atoms with E-state index in [1.165, 1.54) is 12.3 Å². The number of amides is 1. The number of hydrogen-bond donors (Lipinski definition) is 3. The van der Waals surface area contributed by atoms with E-state index >= 15 is 0 Å². The topological polar surface area (TPSA) is 118 Å². The van der Waals surface area contributed by atoms with E-state index in [4.69, 9.17) is 4.74 Å². The first-order chi connectivity index (χ1) is 15.8. The summed E-state index contributed by atoms with van der Waals surface area (Å²) >= 11 is 0. The number of carbonyl (C=O) groups excluding carboxylic acids is 1. The van der Waals surface area contributed by atoms with Gasteiger partial charge in [0.15, 0.2) is 0 Å². The number of carbonyl (C=O) groups is 1. The van der Waals surface area contributed by atoms with Gasteiger partial charge >= 0.3 is 0 Å². The number of nitriles is 1. The summed E-state index contributed by atoms with van der Waals surface area (Å²) in [5, 5.41) is 18.6. The second kappa shape index (κ2) is 10.7. The van der Waals surface area contributed by atoms with E-state index in [0.717, 1.165) is 31.6 Å². The maximum atomic E-state index is 12.1. The molecule has 0 spiro atoms. The monoisotopic (exact) mass is 450 g/mol. The summed E-state index contributed by atoms with van der Waals surface area (Å²) in [6.45, 7) is 5.13. The number of hydrogen-bond acceptors (Lipinski definition) is 9. The number of nitrogens with one attached hydrogen (secondary N) is 3. The van der Waals surface area contributed by atoms with Gasteiger partial charge in [-0.1, -0.05) is 6.58 Å². The Kier molecular flexibility index (Phi) is 7.69. The zero-order valence-electron chi connectivity index (χ0n) is 19.5. The fourth-order valence-corrected chi connectivity index (χ4v) is 3.08. The molecule has 0 atom stereocenters. The van der Waals surface area contributed by atoms with Crippen LogP contribution in [0.15, 0.2) is 31.0 Å². The lowest BCUT2D eigenvalue weighted by Crippen LogP contribution is -2.29. The van der Waals surface area contributed by atoms with Crippen molar-refractivity contribution in [2.24, 2.45) is 0 Å². The number of rotatable bonds is 11. The van der Waals surface area contributed by atoms with Gasteiger partial charge in [-0.05, 0) is 39.1 Å². The summed E-state index contributed by atoms with van der Waals surface area (Å²) in [5.74, 6) is 1.05. The van der Waals surface area contributed by atoms with Gasteiger partial charge in [0.05, 0.1) is 30.4 Å². The second-order valence-electron chi connectivity index (χ2n) is 8.10. The summed E-state index contributed by atoms with van der Waals surface area (Å²) in [6, 6.07) is 6.08. The number of aromatic nitrogens is 2. The highest BCUT2D eigenvalue weighted by molar-refractivity contribution is 6.02. The molecule has 0 unspecified atom stereocenters. The van der Waals surface area contributed by atoms with Crippen molar-refractivity contribution in [2.75, 3.05) is 62.2 Å². The van der Waals surface area contributed by atoms with Gasteiger partial charge in [-0.25, -0.2) is 4.98 Å². The van der Waals surface area contributed by atoms with Gasteiger partial charge in [-0.2, -0.15) is 10.2 Å². The lowest BCUT2D eigenvalue weighted by Gasteiger charge is -2.26. The fraction of sp³-hybridized carbons (Fsp3) is 0.391. The fourth-order valence-electron chi connectivity index (χ4n) is 3.08. The van der Waals surface area contributed by atoms with Gasteiger partial charge in [-0.15, -0.1) is 0 Å². The van der Waals surface area contributed by atoms with Crippen LogP contribution in [0.25, 0.3) is 0 Å². The molecule has 0 radical (unpaired) electrons. The number of benzene rings is 1. The van der Waals surface area contributed by atoms with Gasteiger partial charge in [0.2, 0.25) is 11.9 Å². The summed E-state index contributed by atoms with van der Waals surface area (Å²) in [6.07, 6.45) is 4.82. The van der Waals surface area contributed by atoms with Gasteiger partial charge < -0.3 is 30.5 Å². The SMILES string of the molecule is C=CC(=O)Nc1cc(Nc2ncc(C#N)c(NC3CC3)n2)c(OC)cc1N(C)CCN(C)C. The molecule has 0 aliphatic heterocycles. The number of likely N-dealkylation sites (N-methyl/N-ethyl adjacent to an activating group) is 2. The number of methoxy groups -OCH3 is 1. The Hall–Kier alpha value is -3.84. The van der Waals surface area contributed by atoms with Crippen LogP contribution in [-0.2, 0) is 4.79 Å². The first-order valence-electron chi connectivity index (χ1n) is 10.7. The van der Waals surface area contributed by atoms with Crippen LogP contribution in [0.2, 0.25) is 0 Å². The molecule has 1 fully saturated rings. The molecule has 1 aromatic carbocycles. The van der Waals surface area contributed by atoms with E-state index in [0.29, 0.717) is 40.5 Å². The summed E-state index contributed by atoms with van der Waals surface area (Å²) in [4.78, 5) is 25.0. The lowest BCUT2D eigenvalue weighted by atomic mass is 10.2. The predicted molar refractivity (Wildman–Crippen MR) is 130 cm³/mol. The first kappa shape index (κ1) is 23.8. The highest BCUT2D eigenvalue weighted by Gasteiger charge is 2.23. The zero-order valence-corrected chi connectivity index (χ0v) is 19.5. The maximum Gasteiger partial charge on any atom is 0.247 e. The molecule has 1 amide bonds. The number of anilines is 5. The molecule has 3 N–H and O–H groups in total. The third-order valence-corrected chi connectivity index (χ3v) is 5.13. The average molecular weight is 451 g/mol. The minimum absolute atomic E-state index is 0.310. The van der Waals surface area contributed by atoms with E-state index in [9.17, 15) is 10.1 Å². The Balaban J connectivity index is 1.95. The number of ether oxygens (including phenoxy) is 1. The van der Waals surface area contributed by atoms with Crippen molar-refractivity contribution in [1.29, 1.82) is 5.26 Å². The van der Waals surface area contributed by atoms with Crippen LogP contribution in [0.1, 0.15) is 18.4 Å². The summed E-state index contributed by atoms with van der Waals surface area (Å²) < 4.78 is 5.61. The van der Waals surface area contributed by atoms with Crippen LogP contribution in [0.5, 0.6) is 5.75 Å². The second-order valence-corrected chi connectivity index (χ2v) is 8.10. The molecule has 10 nitrogen and oxygen atoms in total. The molecule has 1 aliphatic carbocycles. The van der Waals surface area contributed by atoms with E-state index in [2.05, 4.69) is 43.5 Å². The molecule has 1 heterocycles. The van der Waals surface area contributed by atoms with Crippen molar-refractivity contribution >= 4 is 34.7 Å². The quantitative estimate of drug-likeness (QED) is 0.444. The van der Waals surface area contributed by atoms with Crippen molar-refractivity contribution in [2.45, 2.75) is 18.9 Å². The van der Waals surface area contributed by atoms with Crippen LogP contribution >= 0.6 is 0 Å². The van der Waals surface area contributed by atoms with Crippen molar-refractivity contribution in [3.8, 4) is 11.8 Å². The van der Waals surface area contributed by atoms with Crippen LogP contribution in [0, 0.1) is 11.3 Å². The Morgan fingerprint density at radius 2 is 2.06 bits per heavy atom. The van der Waals surface area contributed by atoms with Crippen LogP contribution in [0.4, 0.5) is 28.8 Å². The number of nitrogens with zero attached hydrogens (tertiary/aromatic N) is 5. The van der Waals surface area contributed by atoms with Gasteiger partial charge in [0, 0.05) is 32.2 Å². The van der Waals surface area contributed by atoms with E-state index in [1.54, 1.807) is 13.2 Å². The molecular formula is C23H30N8O2. The minimum Gasteiger partial charge on any atom is -0.494 e. The molecule has 10 heteroatoms. The highest BCUT2D eigenvalue weighted by Crippen LogP contribution is 2.38. The Labute approximate surface area is 194 Å². The Bertz CT molecular complexity index is 1060. The standard InChI is InChI=1S/C23H30N8O2/c1-6-21(32)27-17-11-18(20(33-5)12-19(17)31(4)10-9-30(2)3)28-23-25-14-15(13-24)22(29-23)26-16-7-8-16/h6,11-12,14,16H,1,7-10H2,2-5H3,(H,27,32)(H2,25,26,28,29). The largest absolute Gasteiger partial charge is 0.494 e. The van der Waals surface area contributed by atoms with Crippen molar-refractivity contribution in [1.82, 2.24) is 14.9 Å². The van der Waals surface area contributed by atoms with E-state index in [1.807, 2.05) is 32.1 Å². The maximum absolute atomic E-state index is 12.1. The predicted octanol–water partition coefficient (Wildman–Crippen LogP) is 2.80. The molecule has 2 aromatic rings. The Morgan fingerprint density at radius 3 is 2.67 bits per heavy atom. The molecule has 3 rings (SSSR count). The van der Waals surface area contributed by atoms with E-state index < -0.39 is 0 Å². The smallest absolute Gasteiger partial charge is 0.247 e. The normalized spacial score (nSPS) is 12.6. The molecule has 33 heavy (non-hydrogen) atoms. The van der Waals surface area contributed by atoms with Crippen LogP contribution < -0.4 is 25.6 Å². The third kappa shape index (κ3) is 6.33. The summed E-state index contributed by atoms with van der Waals surface area (Å²) in [5.41, 5.74) is 2.35. The molecule has 1 aromatic heterocycles. The average Bonchev–Trinajstić information content (AvgIpc) is 3.61.